The quantitative estimate of drug-likeness (QED) is 0.330. The second-order valence-electron chi connectivity index (χ2n) is 0.707. The molecule has 0 amide bonds. The topological polar surface area (TPSA) is 12.0 Å². The Morgan fingerprint density at radius 3 is 2.00 bits per heavy atom. The van der Waals surface area contributed by atoms with Gasteiger partial charge in [-0.05, 0) is 13.6 Å². The van der Waals surface area contributed by atoms with Crippen molar-refractivity contribution in [2.24, 2.45) is 0 Å². The zero-order chi connectivity index (χ0) is 3.41. The zero-order valence-corrected chi connectivity index (χ0v) is 4.21. The number of hydrogen-bond donors (Lipinski definition) is 1. The third kappa shape index (κ3) is 12.3. The molecule has 0 saturated heterocycles. The van der Waals surface area contributed by atoms with Gasteiger partial charge in [-0.25, -0.2) is 0 Å². The van der Waals surface area contributed by atoms with Crippen LogP contribution in [-0.2, 0) is 0 Å². The monoisotopic (exact) mass is 67.1 g/mol. The molecule has 0 spiro atoms. The second kappa shape index (κ2) is 8.82. The summed E-state index contributed by atoms with van der Waals surface area (Å²) in [5.74, 6) is 0. The molecule has 0 atom stereocenters. The first-order chi connectivity index (χ1) is 1.91. The molecule has 0 unspecified atom stereocenters. The van der Waals surface area contributed by atoms with E-state index in [0.717, 1.165) is 6.54 Å². The van der Waals surface area contributed by atoms with E-state index in [4.69, 9.17) is 0 Å². The van der Waals surface area contributed by atoms with E-state index in [1.54, 1.807) is 0 Å². The fraction of sp³-hybridized carbons (Fsp3) is 1.00. The number of rotatable bonds is 1. The minimum Gasteiger partial charge on any atom is -1.00 e. The van der Waals surface area contributed by atoms with Crippen LogP contribution in [0.3, 0.4) is 0 Å². The first-order valence-corrected chi connectivity index (χ1v) is 1.56. The first-order valence-electron chi connectivity index (χ1n) is 1.56. The summed E-state index contributed by atoms with van der Waals surface area (Å²) in [5, 5.41) is 2.93. The predicted octanol–water partition coefficient (Wildman–Crippen LogP) is -2.66. The minimum atomic E-state index is 0. The Morgan fingerprint density at radius 2 is 2.00 bits per heavy atom. The van der Waals surface area contributed by atoms with E-state index in [1.165, 1.54) is 0 Å². The van der Waals surface area contributed by atoms with Crippen LogP contribution in [0.5, 0.6) is 0 Å². The maximum atomic E-state index is 2.93. The van der Waals surface area contributed by atoms with Gasteiger partial charge in [-0.2, -0.15) is 0 Å². The van der Waals surface area contributed by atoms with Crippen molar-refractivity contribution in [3.8, 4) is 0 Å². The predicted molar refractivity (Wildman–Crippen MR) is 20.7 cm³/mol. The average molecular weight is 67.1 g/mol. The van der Waals surface area contributed by atoms with Gasteiger partial charge in [-0.3, -0.25) is 0 Å². The van der Waals surface area contributed by atoms with Crippen molar-refractivity contribution in [3.05, 3.63) is 0 Å². The molecule has 0 aliphatic carbocycles. The van der Waals surface area contributed by atoms with Crippen molar-refractivity contribution in [3.63, 3.8) is 0 Å². The Kier molecular flexibility index (Phi) is 16.1. The van der Waals surface area contributed by atoms with Gasteiger partial charge in [0.15, 0.2) is 0 Å². The molecule has 0 bridgehead atoms. The van der Waals surface area contributed by atoms with Crippen molar-refractivity contribution in [2.75, 3.05) is 13.6 Å². The van der Waals surface area contributed by atoms with E-state index in [-0.39, 0.29) is 20.3 Å². The van der Waals surface area contributed by atoms with Crippen LogP contribution >= 0.6 is 0 Å². The number of nitrogens with one attached hydrogen (secondary N) is 1. The van der Waals surface area contributed by atoms with E-state index in [1.807, 2.05) is 7.05 Å². The van der Waals surface area contributed by atoms with E-state index < -0.39 is 0 Å². The van der Waals surface area contributed by atoms with Gasteiger partial charge in [-0.15, -0.1) is 0 Å². The molecule has 0 rings (SSSR count). The Morgan fingerprint density at radius 1 is 1.80 bits per heavy atom. The fourth-order valence-corrected chi connectivity index (χ4v) is 0. The Labute approximate surface area is 46.8 Å². The molecule has 0 aromatic heterocycles. The molecule has 0 fully saturated rings. The van der Waals surface area contributed by atoms with Gasteiger partial charge >= 0.3 is 18.9 Å². The van der Waals surface area contributed by atoms with Gasteiger partial charge in [-0.1, -0.05) is 6.92 Å². The summed E-state index contributed by atoms with van der Waals surface area (Å²) in [6, 6.07) is 0. The molecular weight excluding hydrogens is 57.0 g/mol. The summed E-state index contributed by atoms with van der Waals surface area (Å²) in [6.07, 6.45) is 0. The van der Waals surface area contributed by atoms with Crippen LogP contribution in [0.4, 0.5) is 0 Å². The largest absolute Gasteiger partial charge is 1.00 e. The summed E-state index contributed by atoms with van der Waals surface area (Å²) in [4.78, 5) is 0. The van der Waals surface area contributed by atoms with Crippen LogP contribution in [0.2, 0.25) is 0 Å². The van der Waals surface area contributed by atoms with E-state index >= 15 is 0 Å². The molecule has 5 heavy (non-hydrogen) atoms. The molecule has 0 saturated carbocycles. The summed E-state index contributed by atoms with van der Waals surface area (Å²) in [7, 11) is 1.93. The van der Waals surface area contributed by atoms with Crippen molar-refractivity contribution in [2.45, 2.75) is 6.92 Å². The molecule has 0 radical (unpaired) electrons. The van der Waals surface area contributed by atoms with Crippen LogP contribution in [0.1, 0.15) is 8.35 Å². The van der Waals surface area contributed by atoms with Crippen molar-refractivity contribution in [1.29, 1.82) is 0 Å². The maximum absolute atomic E-state index is 2.93. The third-order valence-corrected chi connectivity index (χ3v) is 0.354. The van der Waals surface area contributed by atoms with Crippen LogP contribution in [0.15, 0.2) is 0 Å². The van der Waals surface area contributed by atoms with Gasteiger partial charge in [0.05, 0.1) is 0 Å². The molecule has 0 aliphatic rings. The number of hydrogen-bond acceptors (Lipinski definition) is 1. The molecular formula is C3H10LiN. The van der Waals surface area contributed by atoms with Crippen LogP contribution in [0.25, 0.3) is 0 Å². The molecule has 0 aromatic rings. The van der Waals surface area contributed by atoms with Gasteiger partial charge in [0, 0.05) is 0 Å². The Bertz CT molecular complexity index is 12.8. The standard InChI is InChI=1S/C3H9N.Li.H/c1-3-4-2;;/h4H,3H2,1-2H3;;/q;+1;-1. The summed E-state index contributed by atoms with van der Waals surface area (Å²) >= 11 is 0. The van der Waals surface area contributed by atoms with Crippen molar-refractivity contribution in [1.82, 2.24) is 5.32 Å². The van der Waals surface area contributed by atoms with Crippen molar-refractivity contribution < 1.29 is 20.3 Å². The van der Waals surface area contributed by atoms with Gasteiger partial charge in [0.25, 0.3) is 0 Å². The van der Waals surface area contributed by atoms with Crippen LogP contribution in [-0.4, -0.2) is 13.6 Å². The molecule has 0 aliphatic heterocycles. The Balaban J connectivity index is -0.0000000450. The van der Waals surface area contributed by atoms with Crippen LogP contribution < -0.4 is 24.2 Å². The SMILES string of the molecule is CCNC.[H-].[Li+]. The minimum absolute atomic E-state index is 0. The molecule has 0 aromatic carbocycles. The van der Waals surface area contributed by atoms with Crippen LogP contribution in [0, 0.1) is 0 Å². The van der Waals surface area contributed by atoms with Crippen molar-refractivity contribution >= 4 is 0 Å². The molecule has 0 heterocycles. The van der Waals surface area contributed by atoms with E-state index in [0.29, 0.717) is 0 Å². The van der Waals surface area contributed by atoms with Gasteiger partial charge in [0.2, 0.25) is 0 Å². The maximum Gasteiger partial charge on any atom is 1.00 e. The fourth-order valence-electron chi connectivity index (χ4n) is 0. The molecule has 28 valence electrons. The average Bonchev–Trinajstić information content (AvgIpc) is 1.37. The normalized spacial score (nSPS) is 6.00. The Hall–Kier alpha value is 0.557. The van der Waals surface area contributed by atoms with E-state index in [2.05, 4.69) is 12.2 Å². The third-order valence-electron chi connectivity index (χ3n) is 0.354. The molecule has 1 N–H and O–H groups in total. The van der Waals surface area contributed by atoms with E-state index in [9.17, 15) is 0 Å². The summed E-state index contributed by atoms with van der Waals surface area (Å²) in [6.45, 7) is 3.14. The summed E-state index contributed by atoms with van der Waals surface area (Å²) in [5.41, 5.74) is 0. The summed E-state index contributed by atoms with van der Waals surface area (Å²) < 4.78 is 0. The second-order valence-corrected chi connectivity index (χ2v) is 0.707. The van der Waals surface area contributed by atoms with Gasteiger partial charge in [0.1, 0.15) is 0 Å². The first kappa shape index (κ1) is 9.12. The smallest absolute Gasteiger partial charge is 1.00 e. The molecule has 2 heteroatoms. The molecule has 1 nitrogen and oxygen atoms in total. The zero-order valence-electron chi connectivity index (χ0n) is 5.21. The van der Waals surface area contributed by atoms with Gasteiger partial charge < -0.3 is 6.74 Å².